The molecule has 0 bridgehead atoms. The smallest absolute Gasteiger partial charge is 0.321 e. The van der Waals surface area contributed by atoms with Crippen molar-refractivity contribution >= 4 is 5.97 Å². The average Bonchev–Trinajstić information content (AvgIpc) is 2.16. The molecule has 0 fully saturated rings. The van der Waals surface area contributed by atoms with Gasteiger partial charge in [-0.05, 0) is 12.5 Å². The summed E-state index contributed by atoms with van der Waals surface area (Å²) in [5, 5.41) is 8.67. The summed E-state index contributed by atoms with van der Waals surface area (Å²) in [6, 6.07) is -0.765. The lowest BCUT2D eigenvalue weighted by molar-refractivity contribution is -0.139. The fourth-order valence-electron chi connectivity index (χ4n) is 1.26. The number of likely N-dealkylation sites (N-methyl/N-ethyl adjacent to an activating group) is 1. The van der Waals surface area contributed by atoms with Gasteiger partial charge in [0.2, 0.25) is 0 Å². The molecule has 0 amide bonds. The van der Waals surface area contributed by atoms with Gasteiger partial charge in [-0.15, -0.1) is 0 Å². The van der Waals surface area contributed by atoms with E-state index in [0.29, 0.717) is 12.5 Å². The maximum Gasteiger partial charge on any atom is 0.321 e. The lowest BCUT2D eigenvalue weighted by Gasteiger charge is -2.25. The Morgan fingerprint density at radius 2 is 2.00 bits per heavy atom. The van der Waals surface area contributed by atoms with Gasteiger partial charge in [0.25, 0.3) is 0 Å². The molecule has 0 spiro atoms. The van der Waals surface area contributed by atoms with Crippen LogP contribution in [-0.2, 0) is 4.79 Å². The van der Waals surface area contributed by atoms with E-state index in [4.69, 9.17) is 10.8 Å². The highest BCUT2D eigenvalue weighted by molar-refractivity contribution is 5.73. The molecular weight excluding hydrogens is 180 g/mol. The van der Waals surface area contributed by atoms with E-state index in [2.05, 4.69) is 18.7 Å². The Bertz CT molecular complexity index is 174. The quantitative estimate of drug-likeness (QED) is 0.640. The number of carbonyl (C=O) groups is 1. The van der Waals surface area contributed by atoms with E-state index in [1.165, 1.54) is 0 Å². The third-order valence-electron chi connectivity index (χ3n) is 2.49. The average molecular weight is 202 g/mol. The van der Waals surface area contributed by atoms with Crippen molar-refractivity contribution in [1.82, 2.24) is 4.90 Å². The zero-order valence-electron chi connectivity index (χ0n) is 9.36. The highest BCUT2D eigenvalue weighted by Crippen LogP contribution is 2.04. The van der Waals surface area contributed by atoms with Gasteiger partial charge in [0.15, 0.2) is 0 Å². The molecule has 0 rings (SSSR count). The predicted octanol–water partition coefficient (Wildman–Crippen LogP) is 0.766. The third-order valence-corrected chi connectivity index (χ3v) is 2.49. The Labute approximate surface area is 86.1 Å². The molecule has 14 heavy (non-hydrogen) atoms. The maximum absolute atomic E-state index is 10.6. The Morgan fingerprint density at radius 3 is 2.36 bits per heavy atom. The molecule has 4 heteroatoms. The summed E-state index contributed by atoms with van der Waals surface area (Å²) in [6.45, 7) is 8.54. The van der Waals surface area contributed by atoms with Gasteiger partial charge in [-0.1, -0.05) is 27.2 Å². The zero-order valence-corrected chi connectivity index (χ0v) is 9.36. The van der Waals surface area contributed by atoms with E-state index < -0.39 is 12.0 Å². The predicted molar refractivity (Wildman–Crippen MR) is 57.2 cm³/mol. The van der Waals surface area contributed by atoms with Crippen LogP contribution in [0.25, 0.3) is 0 Å². The summed E-state index contributed by atoms with van der Waals surface area (Å²) in [7, 11) is 0. The Balaban J connectivity index is 3.96. The SMILES string of the molecule is CCC(C)CN(CC)CC(N)C(=O)O. The first-order valence-corrected chi connectivity index (χ1v) is 5.21. The minimum Gasteiger partial charge on any atom is -0.480 e. The van der Waals surface area contributed by atoms with E-state index in [9.17, 15) is 4.79 Å². The zero-order chi connectivity index (χ0) is 11.1. The molecule has 4 nitrogen and oxygen atoms in total. The number of aliphatic carboxylic acids is 1. The standard InChI is InChI=1S/C10H22N2O2/c1-4-8(3)6-12(5-2)7-9(11)10(13)14/h8-9H,4-7,11H2,1-3H3,(H,13,14). The lowest BCUT2D eigenvalue weighted by atomic mass is 10.1. The van der Waals surface area contributed by atoms with Crippen LogP contribution in [0, 0.1) is 5.92 Å². The molecular formula is C10H22N2O2. The molecule has 84 valence electrons. The van der Waals surface area contributed by atoms with Crippen molar-refractivity contribution in [2.45, 2.75) is 33.2 Å². The summed E-state index contributed by atoms with van der Waals surface area (Å²) >= 11 is 0. The summed E-state index contributed by atoms with van der Waals surface area (Å²) in [5.41, 5.74) is 5.47. The van der Waals surface area contributed by atoms with Crippen LogP contribution in [-0.4, -0.2) is 41.7 Å². The van der Waals surface area contributed by atoms with Crippen molar-refractivity contribution in [3.8, 4) is 0 Å². The van der Waals surface area contributed by atoms with Crippen molar-refractivity contribution in [3.63, 3.8) is 0 Å². The molecule has 0 saturated heterocycles. The highest BCUT2D eigenvalue weighted by atomic mass is 16.4. The number of carboxylic acid groups (broad SMARTS) is 1. The third kappa shape index (κ3) is 5.19. The molecule has 3 N–H and O–H groups in total. The Morgan fingerprint density at radius 1 is 1.43 bits per heavy atom. The van der Waals surface area contributed by atoms with E-state index in [1.807, 2.05) is 6.92 Å². The number of nitrogens with two attached hydrogens (primary N) is 1. The molecule has 0 radical (unpaired) electrons. The Hall–Kier alpha value is -0.610. The molecule has 0 aromatic heterocycles. The molecule has 0 aromatic carbocycles. The number of carboxylic acids is 1. The van der Waals surface area contributed by atoms with Crippen molar-refractivity contribution in [2.75, 3.05) is 19.6 Å². The largest absolute Gasteiger partial charge is 0.480 e. The monoisotopic (exact) mass is 202 g/mol. The molecule has 0 saturated carbocycles. The van der Waals surface area contributed by atoms with Crippen molar-refractivity contribution in [3.05, 3.63) is 0 Å². The Kier molecular flexibility index (Phi) is 6.49. The fraction of sp³-hybridized carbons (Fsp3) is 0.900. The van der Waals surface area contributed by atoms with Gasteiger partial charge < -0.3 is 15.7 Å². The molecule has 0 aliphatic heterocycles. The molecule has 0 heterocycles. The number of rotatable bonds is 7. The van der Waals surface area contributed by atoms with Crippen molar-refractivity contribution in [1.29, 1.82) is 0 Å². The van der Waals surface area contributed by atoms with E-state index in [-0.39, 0.29) is 0 Å². The van der Waals surface area contributed by atoms with Crippen LogP contribution >= 0.6 is 0 Å². The summed E-state index contributed by atoms with van der Waals surface area (Å²) in [5.74, 6) is -0.330. The van der Waals surface area contributed by atoms with Crippen LogP contribution in [0.2, 0.25) is 0 Å². The van der Waals surface area contributed by atoms with Crippen molar-refractivity contribution in [2.24, 2.45) is 11.7 Å². The number of hydrogen-bond donors (Lipinski definition) is 2. The number of hydrogen-bond acceptors (Lipinski definition) is 3. The van der Waals surface area contributed by atoms with Gasteiger partial charge in [-0.3, -0.25) is 4.79 Å². The second kappa shape index (κ2) is 6.79. The first kappa shape index (κ1) is 13.4. The minimum absolute atomic E-state index is 0.441. The first-order valence-electron chi connectivity index (χ1n) is 5.21. The van der Waals surface area contributed by atoms with Crippen LogP contribution in [0.4, 0.5) is 0 Å². The van der Waals surface area contributed by atoms with Crippen LogP contribution in [0.3, 0.4) is 0 Å². The highest BCUT2D eigenvalue weighted by Gasteiger charge is 2.16. The van der Waals surface area contributed by atoms with Crippen LogP contribution < -0.4 is 5.73 Å². The maximum atomic E-state index is 10.6. The van der Waals surface area contributed by atoms with E-state index in [0.717, 1.165) is 19.5 Å². The van der Waals surface area contributed by atoms with E-state index >= 15 is 0 Å². The van der Waals surface area contributed by atoms with Gasteiger partial charge >= 0.3 is 5.97 Å². The van der Waals surface area contributed by atoms with Gasteiger partial charge in [-0.2, -0.15) is 0 Å². The van der Waals surface area contributed by atoms with Gasteiger partial charge in [0.05, 0.1) is 0 Å². The van der Waals surface area contributed by atoms with Gasteiger partial charge in [0, 0.05) is 13.1 Å². The minimum atomic E-state index is -0.924. The molecule has 0 aliphatic carbocycles. The van der Waals surface area contributed by atoms with Crippen LogP contribution in [0.5, 0.6) is 0 Å². The van der Waals surface area contributed by atoms with Crippen LogP contribution in [0.1, 0.15) is 27.2 Å². The summed E-state index contributed by atoms with van der Waals surface area (Å²) < 4.78 is 0. The molecule has 2 atom stereocenters. The van der Waals surface area contributed by atoms with Crippen LogP contribution in [0.15, 0.2) is 0 Å². The topological polar surface area (TPSA) is 66.6 Å². The second-order valence-corrected chi connectivity index (χ2v) is 3.81. The van der Waals surface area contributed by atoms with E-state index in [1.54, 1.807) is 0 Å². The number of nitrogens with zero attached hydrogens (tertiary/aromatic N) is 1. The first-order chi connectivity index (χ1) is 6.51. The lowest BCUT2D eigenvalue weighted by Crippen LogP contribution is -2.43. The van der Waals surface area contributed by atoms with Gasteiger partial charge in [-0.25, -0.2) is 0 Å². The summed E-state index contributed by atoms with van der Waals surface area (Å²) in [6.07, 6.45) is 1.11. The fourth-order valence-corrected chi connectivity index (χ4v) is 1.26. The summed E-state index contributed by atoms with van der Waals surface area (Å²) in [4.78, 5) is 12.6. The molecule has 2 unspecified atom stereocenters. The molecule has 0 aromatic rings. The van der Waals surface area contributed by atoms with Gasteiger partial charge in [0.1, 0.15) is 6.04 Å². The van der Waals surface area contributed by atoms with Crippen molar-refractivity contribution < 1.29 is 9.90 Å². The molecule has 0 aliphatic rings. The normalized spacial score (nSPS) is 15.5. The second-order valence-electron chi connectivity index (χ2n) is 3.81.